The van der Waals surface area contributed by atoms with E-state index in [1.165, 1.54) is 0 Å². The van der Waals surface area contributed by atoms with Crippen LogP contribution < -0.4 is 0 Å². The third kappa shape index (κ3) is 2.39. The van der Waals surface area contributed by atoms with Crippen LogP contribution in [0.3, 0.4) is 0 Å². The quantitative estimate of drug-likeness (QED) is 0.734. The van der Waals surface area contributed by atoms with Gasteiger partial charge in [-0.25, -0.2) is 0 Å². The molecule has 3 heterocycles. The topological polar surface area (TPSA) is 58.8 Å². The Morgan fingerprint density at radius 1 is 1.33 bits per heavy atom. The largest absolute Gasteiger partial charge is 0.379 e. The minimum atomic E-state index is 0.184. The van der Waals surface area contributed by atoms with Crippen molar-refractivity contribution < 1.29 is 14.1 Å². The van der Waals surface area contributed by atoms with Crippen LogP contribution in [0.5, 0.6) is 0 Å². The van der Waals surface area contributed by atoms with Gasteiger partial charge >= 0.3 is 0 Å². The highest BCUT2D eigenvalue weighted by atomic mass is 16.5. The maximum atomic E-state index is 12.2. The molecule has 1 fully saturated rings. The third-order valence-electron chi connectivity index (χ3n) is 3.52. The number of hydrogen-bond acceptors (Lipinski definition) is 5. The molecule has 2 aliphatic rings. The summed E-state index contributed by atoms with van der Waals surface area (Å²) in [6, 6.07) is 0. The van der Waals surface area contributed by atoms with E-state index in [9.17, 15) is 4.79 Å². The number of fused-ring (bicyclic) bond motifs is 1. The summed E-state index contributed by atoms with van der Waals surface area (Å²) in [7, 11) is 0. The first-order chi connectivity index (χ1) is 8.83. The van der Waals surface area contributed by atoms with E-state index in [0.717, 1.165) is 50.5 Å². The molecule has 1 saturated heterocycles. The van der Waals surface area contributed by atoms with Crippen molar-refractivity contribution in [1.82, 2.24) is 15.0 Å². The first-order valence-electron chi connectivity index (χ1n) is 6.33. The summed E-state index contributed by atoms with van der Waals surface area (Å²) in [5, 5.41) is 3.93. The zero-order chi connectivity index (χ0) is 12.4. The van der Waals surface area contributed by atoms with Crippen molar-refractivity contribution in [1.29, 1.82) is 0 Å². The van der Waals surface area contributed by atoms with Gasteiger partial charge in [0.2, 0.25) is 5.91 Å². The number of hydrogen-bond donors (Lipinski definition) is 0. The summed E-state index contributed by atoms with van der Waals surface area (Å²) in [6.07, 6.45) is 2.43. The molecular formula is C12H17N3O3. The number of carbonyl (C=O) groups excluding carboxylic acids is 1. The molecule has 0 unspecified atom stereocenters. The number of nitrogens with zero attached hydrogens (tertiary/aromatic N) is 3. The van der Waals surface area contributed by atoms with Crippen molar-refractivity contribution in [2.45, 2.75) is 13.0 Å². The fraction of sp³-hybridized carbons (Fsp3) is 0.667. The highest BCUT2D eigenvalue weighted by Gasteiger charge is 2.24. The normalized spacial score (nSPS) is 20.8. The van der Waals surface area contributed by atoms with Crippen molar-refractivity contribution in [2.75, 3.05) is 39.4 Å². The van der Waals surface area contributed by atoms with Gasteiger partial charge in [0, 0.05) is 31.6 Å². The minimum Gasteiger partial charge on any atom is -0.379 e. The van der Waals surface area contributed by atoms with E-state index < -0.39 is 0 Å². The molecule has 0 N–H and O–H groups in total. The molecule has 0 aromatic carbocycles. The predicted octanol–water partition coefficient (Wildman–Crippen LogP) is -0.109. The summed E-state index contributed by atoms with van der Waals surface area (Å²) in [5.41, 5.74) is 2.03. The van der Waals surface area contributed by atoms with Gasteiger partial charge in [-0.15, -0.1) is 0 Å². The molecule has 18 heavy (non-hydrogen) atoms. The van der Waals surface area contributed by atoms with Crippen LogP contribution >= 0.6 is 0 Å². The van der Waals surface area contributed by atoms with Gasteiger partial charge in [0.25, 0.3) is 0 Å². The first-order valence-corrected chi connectivity index (χ1v) is 6.33. The van der Waals surface area contributed by atoms with Crippen molar-refractivity contribution >= 4 is 5.91 Å². The predicted molar refractivity (Wildman–Crippen MR) is 62.9 cm³/mol. The number of ether oxygens (including phenoxy) is 1. The zero-order valence-corrected chi connectivity index (χ0v) is 10.3. The number of aromatic nitrogens is 1. The molecule has 0 bridgehead atoms. The molecule has 6 heteroatoms. The maximum absolute atomic E-state index is 12.2. The summed E-state index contributed by atoms with van der Waals surface area (Å²) in [5.74, 6) is 0.184. The van der Waals surface area contributed by atoms with Crippen LogP contribution in [-0.4, -0.2) is 60.3 Å². The van der Waals surface area contributed by atoms with Crippen molar-refractivity contribution in [3.8, 4) is 0 Å². The van der Waals surface area contributed by atoms with E-state index >= 15 is 0 Å². The Morgan fingerprint density at radius 2 is 2.17 bits per heavy atom. The molecule has 0 saturated carbocycles. The molecule has 1 amide bonds. The number of morpholine rings is 1. The minimum absolute atomic E-state index is 0.184. The van der Waals surface area contributed by atoms with Crippen LogP contribution in [-0.2, 0) is 22.5 Å². The lowest BCUT2D eigenvalue weighted by atomic mass is 10.1. The van der Waals surface area contributed by atoms with Gasteiger partial charge in [0.05, 0.1) is 32.0 Å². The van der Waals surface area contributed by atoms with E-state index in [1.807, 2.05) is 4.90 Å². The van der Waals surface area contributed by atoms with Crippen LogP contribution in [0.2, 0.25) is 0 Å². The van der Waals surface area contributed by atoms with Gasteiger partial charge in [-0.2, -0.15) is 0 Å². The van der Waals surface area contributed by atoms with E-state index in [-0.39, 0.29) is 5.91 Å². The van der Waals surface area contributed by atoms with Gasteiger partial charge in [0.1, 0.15) is 6.26 Å². The van der Waals surface area contributed by atoms with Crippen molar-refractivity contribution in [2.24, 2.45) is 0 Å². The summed E-state index contributed by atoms with van der Waals surface area (Å²) >= 11 is 0. The van der Waals surface area contributed by atoms with Gasteiger partial charge in [-0.05, 0) is 0 Å². The average molecular weight is 251 g/mol. The second kappa shape index (κ2) is 5.07. The number of amides is 1. The van der Waals surface area contributed by atoms with Gasteiger partial charge in [0.15, 0.2) is 0 Å². The molecule has 98 valence electrons. The molecule has 0 spiro atoms. The fourth-order valence-electron chi connectivity index (χ4n) is 2.40. The van der Waals surface area contributed by atoms with Crippen molar-refractivity contribution in [3.05, 3.63) is 17.5 Å². The van der Waals surface area contributed by atoms with Crippen LogP contribution in [0.4, 0.5) is 0 Å². The average Bonchev–Trinajstić information content (AvgIpc) is 2.87. The Balaban J connectivity index is 1.57. The molecule has 0 aliphatic carbocycles. The molecule has 3 rings (SSSR count). The maximum Gasteiger partial charge on any atom is 0.237 e. The first kappa shape index (κ1) is 11.7. The van der Waals surface area contributed by atoms with Crippen LogP contribution in [0.15, 0.2) is 10.8 Å². The SMILES string of the molecule is O=C(CN1CCOCC1)N1CCc2nocc2C1. The Bertz CT molecular complexity index is 426. The van der Waals surface area contributed by atoms with Crippen LogP contribution in [0.1, 0.15) is 11.3 Å². The Kier molecular flexibility index (Phi) is 3.29. The molecule has 1 aromatic heterocycles. The van der Waals surface area contributed by atoms with E-state index in [4.69, 9.17) is 9.26 Å². The van der Waals surface area contributed by atoms with Crippen LogP contribution in [0.25, 0.3) is 0 Å². The van der Waals surface area contributed by atoms with Gasteiger partial charge < -0.3 is 14.2 Å². The second-order valence-corrected chi connectivity index (χ2v) is 4.74. The Hall–Kier alpha value is -1.40. The lowest BCUT2D eigenvalue weighted by Crippen LogP contribution is -2.46. The summed E-state index contributed by atoms with van der Waals surface area (Å²) in [4.78, 5) is 16.2. The second-order valence-electron chi connectivity index (χ2n) is 4.74. The monoisotopic (exact) mass is 251 g/mol. The standard InChI is InChI=1S/C12H17N3O3/c16-12(8-14-3-5-17-6-4-14)15-2-1-11-10(7-15)9-18-13-11/h9H,1-8H2. The smallest absolute Gasteiger partial charge is 0.237 e. The van der Waals surface area contributed by atoms with Gasteiger partial charge in [-0.3, -0.25) is 9.69 Å². The van der Waals surface area contributed by atoms with E-state index in [2.05, 4.69) is 10.1 Å². The van der Waals surface area contributed by atoms with Crippen molar-refractivity contribution in [3.63, 3.8) is 0 Å². The molecule has 2 aliphatic heterocycles. The lowest BCUT2D eigenvalue weighted by Gasteiger charge is -2.31. The number of carbonyl (C=O) groups is 1. The highest BCUT2D eigenvalue weighted by Crippen LogP contribution is 2.17. The molecule has 6 nitrogen and oxygen atoms in total. The fourth-order valence-corrected chi connectivity index (χ4v) is 2.40. The molecule has 0 radical (unpaired) electrons. The lowest BCUT2D eigenvalue weighted by molar-refractivity contribution is -0.134. The molecular weight excluding hydrogens is 234 g/mol. The summed E-state index contributed by atoms with van der Waals surface area (Å²) < 4.78 is 10.2. The van der Waals surface area contributed by atoms with Gasteiger partial charge in [-0.1, -0.05) is 5.16 Å². The van der Waals surface area contributed by atoms with Crippen LogP contribution in [0, 0.1) is 0 Å². The Morgan fingerprint density at radius 3 is 3.00 bits per heavy atom. The molecule has 1 aromatic rings. The number of rotatable bonds is 2. The highest BCUT2D eigenvalue weighted by molar-refractivity contribution is 5.78. The molecule has 0 atom stereocenters. The Labute approximate surface area is 105 Å². The van der Waals surface area contributed by atoms with E-state index in [0.29, 0.717) is 13.1 Å². The zero-order valence-electron chi connectivity index (χ0n) is 10.3. The summed E-state index contributed by atoms with van der Waals surface area (Å²) in [6.45, 7) is 5.00. The van der Waals surface area contributed by atoms with E-state index in [1.54, 1.807) is 6.26 Å². The third-order valence-corrected chi connectivity index (χ3v) is 3.52.